The van der Waals surface area contributed by atoms with Crippen molar-refractivity contribution in [3.63, 3.8) is 0 Å². The van der Waals surface area contributed by atoms with Crippen molar-refractivity contribution >= 4 is 0 Å². The molecule has 0 aliphatic heterocycles. The Kier molecular flexibility index (Phi) is 11.3. The third kappa shape index (κ3) is 7.90. The van der Waals surface area contributed by atoms with Crippen LogP contribution in [0.1, 0.15) is 137 Å². The van der Waals surface area contributed by atoms with Gasteiger partial charge in [-0.2, -0.15) is 0 Å². The van der Waals surface area contributed by atoms with Gasteiger partial charge in [0.2, 0.25) is 0 Å². The highest BCUT2D eigenvalue weighted by molar-refractivity contribution is 5.44. The Morgan fingerprint density at radius 3 is 2.12 bits per heavy atom. The maximum Gasteiger partial charge on any atom is 0.283 e. The third-order valence-electron chi connectivity index (χ3n) is 9.28. The summed E-state index contributed by atoms with van der Waals surface area (Å²) in [5.41, 5.74) is -1.13. The highest BCUT2D eigenvalue weighted by Crippen LogP contribution is 2.52. The van der Waals surface area contributed by atoms with Gasteiger partial charge < -0.3 is 0 Å². The van der Waals surface area contributed by atoms with E-state index in [0.717, 1.165) is 44.4 Å². The number of fused-ring (bicyclic) bond motifs is 1. The van der Waals surface area contributed by atoms with E-state index in [0.29, 0.717) is 12.8 Å². The second kappa shape index (κ2) is 14.5. The highest BCUT2D eigenvalue weighted by atomic mass is 19.3. The molecule has 0 spiro atoms. The molecule has 2 aliphatic carbocycles. The van der Waals surface area contributed by atoms with E-state index in [2.05, 4.69) is 0 Å². The van der Waals surface area contributed by atoms with E-state index in [1.807, 2.05) is 13.8 Å². The summed E-state index contributed by atoms with van der Waals surface area (Å²) in [7, 11) is 0. The van der Waals surface area contributed by atoms with Gasteiger partial charge in [0.25, 0.3) is 5.92 Å². The quantitative estimate of drug-likeness (QED) is 0.137. The zero-order valence-corrected chi connectivity index (χ0v) is 24.8. The SMILES string of the molecule is CCCCC(C)Cc1cc2c(c(F)c1F)C(F)(F)C(c1ccc(CCCCCCCCCC3CC3)c(F)c1F)CC2. The second-order valence-electron chi connectivity index (χ2n) is 12.8. The van der Waals surface area contributed by atoms with Gasteiger partial charge in [-0.1, -0.05) is 109 Å². The fourth-order valence-electron chi connectivity index (χ4n) is 6.59. The highest BCUT2D eigenvalue weighted by Gasteiger charge is 2.50. The third-order valence-corrected chi connectivity index (χ3v) is 9.28. The van der Waals surface area contributed by atoms with E-state index in [1.54, 1.807) is 0 Å². The zero-order valence-electron chi connectivity index (χ0n) is 24.8. The lowest BCUT2D eigenvalue weighted by atomic mass is 9.75. The van der Waals surface area contributed by atoms with E-state index < -0.39 is 46.2 Å². The van der Waals surface area contributed by atoms with Gasteiger partial charge in [0.1, 0.15) is 0 Å². The Hall–Kier alpha value is -1.98. The number of benzene rings is 2. The van der Waals surface area contributed by atoms with Crippen LogP contribution in [0.25, 0.3) is 0 Å². The molecule has 0 N–H and O–H groups in total. The number of unbranched alkanes of at least 4 members (excludes halogenated alkanes) is 7. The molecule has 41 heavy (non-hydrogen) atoms. The van der Waals surface area contributed by atoms with Crippen LogP contribution in [-0.4, -0.2) is 0 Å². The summed E-state index contributed by atoms with van der Waals surface area (Å²) < 4.78 is 91.8. The molecule has 0 radical (unpaired) electrons. The van der Waals surface area contributed by atoms with Crippen molar-refractivity contribution in [2.45, 2.75) is 135 Å². The van der Waals surface area contributed by atoms with Crippen molar-refractivity contribution in [2.24, 2.45) is 11.8 Å². The molecule has 2 aliphatic rings. The monoisotopic (exact) mass is 580 g/mol. The van der Waals surface area contributed by atoms with Gasteiger partial charge in [-0.25, -0.2) is 26.3 Å². The van der Waals surface area contributed by atoms with Gasteiger partial charge >= 0.3 is 0 Å². The maximum absolute atomic E-state index is 15.7. The van der Waals surface area contributed by atoms with Crippen LogP contribution in [0.4, 0.5) is 26.3 Å². The summed E-state index contributed by atoms with van der Waals surface area (Å²) in [4.78, 5) is 0. The lowest BCUT2D eigenvalue weighted by molar-refractivity contribution is -0.0484. The molecular weight excluding hydrogens is 534 g/mol. The minimum atomic E-state index is -3.86. The van der Waals surface area contributed by atoms with Crippen LogP contribution in [0.5, 0.6) is 0 Å². The van der Waals surface area contributed by atoms with Crippen LogP contribution in [0.3, 0.4) is 0 Å². The largest absolute Gasteiger partial charge is 0.283 e. The number of rotatable bonds is 16. The van der Waals surface area contributed by atoms with Crippen LogP contribution >= 0.6 is 0 Å². The molecule has 1 saturated carbocycles. The van der Waals surface area contributed by atoms with Crippen molar-refractivity contribution in [3.05, 3.63) is 69.3 Å². The van der Waals surface area contributed by atoms with Gasteiger partial charge in [-0.05, 0) is 60.6 Å². The molecule has 0 nitrogen and oxygen atoms in total. The maximum atomic E-state index is 15.7. The zero-order chi connectivity index (χ0) is 29.6. The number of halogens is 6. The molecule has 228 valence electrons. The van der Waals surface area contributed by atoms with Gasteiger partial charge in [0.05, 0.1) is 11.5 Å². The second-order valence-corrected chi connectivity index (χ2v) is 12.8. The fraction of sp³-hybridized carbons (Fsp3) is 0.657. The first-order valence-electron chi connectivity index (χ1n) is 16.0. The Morgan fingerprint density at radius 2 is 1.44 bits per heavy atom. The predicted octanol–water partition coefficient (Wildman–Crippen LogP) is 11.5. The minimum Gasteiger partial charge on any atom is -0.203 e. The first-order chi connectivity index (χ1) is 19.6. The number of hydrogen-bond acceptors (Lipinski definition) is 0. The average molecular weight is 581 g/mol. The molecule has 0 saturated heterocycles. The molecule has 0 bridgehead atoms. The molecular formula is C35H46F6. The fourth-order valence-corrected chi connectivity index (χ4v) is 6.59. The van der Waals surface area contributed by atoms with Gasteiger partial charge in [0, 0.05) is 5.56 Å². The smallest absolute Gasteiger partial charge is 0.203 e. The van der Waals surface area contributed by atoms with Crippen molar-refractivity contribution in [2.75, 3.05) is 0 Å². The van der Waals surface area contributed by atoms with Crippen LogP contribution in [-0.2, 0) is 25.2 Å². The predicted molar refractivity (Wildman–Crippen MR) is 153 cm³/mol. The van der Waals surface area contributed by atoms with Gasteiger partial charge in [0.15, 0.2) is 23.3 Å². The van der Waals surface area contributed by atoms with Crippen LogP contribution < -0.4 is 0 Å². The molecule has 2 atom stereocenters. The molecule has 0 aromatic heterocycles. The van der Waals surface area contributed by atoms with Gasteiger partial charge in [-0.3, -0.25) is 0 Å². The lowest BCUT2D eigenvalue weighted by Crippen LogP contribution is -2.33. The summed E-state index contributed by atoms with van der Waals surface area (Å²) in [5, 5.41) is 0. The molecule has 4 rings (SSSR count). The minimum absolute atomic E-state index is 0.0481. The average Bonchev–Trinajstić information content (AvgIpc) is 3.76. The van der Waals surface area contributed by atoms with Crippen molar-refractivity contribution in [1.82, 2.24) is 0 Å². The molecule has 6 heteroatoms. The Morgan fingerprint density at radius 1 is 0.780 bits per heavy atom. The molecule has 0 amide bonds. The van der Waals surface area contributed by atoms with E-state index in [1.165, 1.54) is 56.7 Å². The standard InChI is InChI=1S/C35H46F6/c1-3-4-12-23(2)21-27-22-26-18-20-29(35(40,41)30(26)34(39)32(27)37)28-19-17-25(31(36)33(28)38)14-11-9-7-5-6-8-10-13-24-15-16-24/h17,19,22-24,29H,3-16,18,20-21H2,1-2H3. The number of alkyl halides is 2. The van der Waals surface area contributed by atoms with E-state index in [9.17, 15) is 4.39 Å². The Balaban J connectivity index is 1.38. The first kappa shape index (κ1) is 31.9. The Labute approximate surface area is 242 Å². The summed E-state index contributed by atoms with van der Waals surface area (Å²) in [5.74, 6) is -9.78. The normalized spacial score (nSPS) is 18.9. The lowest BCUT2D eigenvalue weighted by Gasteiger charge is -2.35. The molecule has 2 aromatic rings. The summed E-state index contributed by atoms with van der Waals surface area (Å²) in [6.45, 7) is 3.99. The first-order valence-corrected chi connectivity index (χ1v) is 16.0. The summed E-state index contributed by atoms with van der Waals surface area (Å²) in [6, 6.07) is 3.96. The van der Waals surface area contributed by atoms with Crippen molar-refractivity contribution < 1.29 is 26.3 Å². The number of aryl methyl sites for hydroxylation is 2. The molecule has 1 fully saturated rings. The molecule has 2 unspecified atom stereocenters. The van der Waals surface area contributed by atoms with Crippen LogP contribution in [0, 0.1) is 35.1 Å². The van der Waals surface area contributed by atoms with Crippen molar-refractivity contribution in [3.8, 4) is 0 Å². The topological polar surface area (TPSA) is 0 Å². The summed E-state index contributed by atoms with van der Waals surface area (Å²) >= 11 is 0. The number of hydrogen-bond donors (Lipinski definition) is 0. The Bertz CT molecular complexity index is 1150. The van der Waals surface area contributed by atoms with Gasteiger partial charge in [-0.15, -0.1) is 0 Å². The van der Waals surface area contributed by atoms with E-state index >= 15 is 22.0 Å². The van der Waals surface area contributed by atoms with Crippen molar-refractivity contribution in [1.29, 1.82) is 0 Å². The summed E-state index contributed by atoms with van der Waals surface area (Å²) in [6.07, 6.45) is 15.0. The molecule has 2 aromatic carbocycles. The molecule has 0 heterocycles. The van der Waals surface area contributed by atoms with E-state index in [4.69, 9.17) is 0 Å². The van der Waals surface area contributed by atoms with E-state index in [-0.39, 0.29) is 41.9 Å². The van der Waals surface area contributed by atoms with Crippen LogP contribution in [0.15, 0.2) is 18.2 Å². The van der Waals surface area contributed by atoms with Crippen LogP contribution in [0.2, 0.25) is 0 Å².